The zero-order chi connectivity index (χ0) is 29.4. The van der Waals surface area contributed by atoms with Crippen LogP contribution in [0.1, 0.15) is 56.7 Å². The maximum absolute atomic E-state index is 14.9. The quantitative estimate of drug-likeness (QED) is 0.340. The number of hydrogen-bond acceptors (Lipinski definition) is 4. The van der Waals surface area contributed by atoms with Gasteiger partial charge in [0, 0.05) is 40.3 Å². The molecular formula is C26H33F7N4OS. The number of nitrogens with zero attached hydrogens (tertiary/aromatic N) is 2. The Balaban J connectivity index is 2.16. The molecule has 13 heteroatoms. The third-order valence-corrected chi connectivity index (χ3v) is 8.54. The number of thiophene rings is 1. The van der Waals surface area contributed by atoms with Crippen molar-refractivity contribution in [1.29, 1.82) is 0 Å². The van der Waals surface area contributed by atoms with Gasteiger partial charge in [-0.05, 0) is 84.2 Å². The summed E-state index contributed by atoms with van der Waals surface area (Å²) in [6.07, 6.45) is -11.6. The van der Waals surface area contributed by atoms with Gasteiger partial charge in [-0.25, -0.2) is 4.79 Å². The molecule has 0 aromatic carbocycles. The van der Waals surface area contributed by atoms with Crippen molar-refractivity contribution < 1.29 is 35.5 Å². The molecule has 0 bridgehead atoms. The molecule has 2 aromatic heterocycles. The lowest BCUT2D eigenvalue weighted by Gasteiger charge is -2.51. The number of likely N-dealkylation sites (tertiary alicyclic amines) is 1. The number of nitrogens with one attached hydrogen (secondary N) is 2. The van der Waals surface area contributed by atoms with Crippen LogP contribution in [0.4, 0.5) is 35.5 Å². The van der Waals surface area contributed by atoms with Gasteiger partial charge in [0.1, 0.15) is 0 Å². The number of halogens is 7. The fourth-order valence-corrected chi connectivity index (χ4v) is 6.14. The molecule has 1 saturated heterocycles. The number of aromatic nitrogens is 1. The molecule has 0 spiro atoms. The molecule has 39 heavy (non-hydrogen) atoms. The Morgan fingerprint density at radius 2 is 1.74 bits per heavy atom. The van der Waals surface area contributed by atoms with Crippen molar-refractivity contribution in [1.82, 2.24) is 20.5 Å². The molecule has 1 aliphatic heterocycles. The van der Waals surface area contributed by atoms with Gasteiger partial charge in [0.2, 0.25) is 5.54 Å². The number of carbonyl (C=O) groups is 1. The van der Waals surface area contributed by atoms with Crippen LogP contribution in [0.5, 0.6) is 0 Å². The first-order valence-electron chi connectivity index (χ1n) is 12.5. The highest BCUT2D eigenvalue weighted by molar-refractivity contribution is 7.10. The van der Waals surface area contributed by atoms with Gasteiger partial charge >= 0.3 is 18.4 Å². The molecule has 5 nitrogen and oxygen atoms in total. The lowest BCUT2D eigenvalue weighted by molar-refractivity contribution is -0.337. The summed E-state index contributed by atoms with van der Waals surface area (Å²) in [6.45, 7) is 7.33. The van der Waals surface area contributed by atoms with Crippen LogP contribution in [0.3, 0.4) is 0 Å². The zero-order valence-electron chi connectivity index (χ0n) is 22.4. The van der Waals surface area contributed by atoms with Crippen LogP contribution in [0, 0.1) is 17.5 Å². The number of amides is 2. The number of urea groups is 1. The minimum Gasteiger partial charge on any atom is -0.336 e. The second-order valence-electron chi connectivity index (χ2n) is 10.9. The van der Waals surface area contributed by atoms with Crippen molar-refractivity contribution in [2.75, 3.05) is 13.1 Å². The van der Waals surface area contributed by atoms with E-state index in [0.29, 0.717) is 27.5 Å². The summed E-state index contributed by atoms with van der Waals surface area (Å²) in [7, 11) is 0. The highest BCUT2D eigenvalue weighted by Crippen LogP contribution is 2.59. The molecule has 218 valence electrons. The largest absolute Gasteiger partial charge is 0.421 e. The maximum atomic E-state index is 14.9. The molecule has 2 aromatic rings. The van der Waals surface area contributed by atoms with Crippen LogP contribution in [0.2, 0.25) is 0 Å². The molecule has 1 unspecified atom stereocenters. The van der Waals surface area contributed by atoms with E-state index in [9.17, 15) is 35.5 Å². The summed E-state index contributed by atoms with van der Waals surface area (Å²) in [5.74, 6) is 0. The summed E-state index contributed by atoms with van der Waals surface area (Å²) in [6, 6.07) is 3.66. The van der Waals surface area contributed by atoms with E-state index >= 15 is 0 Å². The van der Waals surface area contributed by atoms with E-state index < -0.39 is 65.4 Å². The number of alkyl halides is 6. The van der Waals surface area contributed by atoms with Crippen LogP contribution < -0.4 is 10.6 Å². The third-order valence-electron chi connectivity index (χ3n) is 7.61. The average Bonchev–Trinajstić information content (AvgIpc) is 3.41. The average molecular weight is 583 g/mol. The van der Waals surface area contributed by atoms with E-state index in [1.807, 2.05) is 0 Å². The van der Waals surface area contributed by atoms with Crippen molar-refractivity contribution in [3.05, 3.63) is 51.7 Å². The van der Waals surface area contributed by atoms with Crippen molar-refractivity contribution in [2.45, 2.75) is 83.4 Å². The van der Waals surface area contributed by atoms with E-state index in [1.54, 1.807) is 44.0 Å². The van der Waals surface area contributed by atoms with Gasteiger partial charge in [0.25, 0.3) is 0 Å². The van der Waals surface area contributed by atoms with Crippen molar-refractivity contribution in [3.8, 4) is 0 Å². The fourth-order valence-electron chi connectivity index (χ4n) is 5.41. The topological polar surface area (TPSA) is 57.3 Å². The van der Waals surface area contributed by atoms with Crippen LogP contribution in [-0.4, -0.2) is 52.9 Å². The van der Waals surface area contributed by atoms with Gasteiger partial charge in [0.15, 0.2) is 5.13 Å². The predicted octanol–water partition coefficient (Wildman–Crippen LogP) is 6.72. The van der Waals surface area contributed by atoms with Gasteiger partial charge in [-0.1, -0.05) is 6.07 Å². The minimum atomic E-state index is -5.90. The van der Waals surface area contributed by atoms with Gasteiger partial charge in [-0.3, -0.25) is 9.88 Å². The van der Waals surface area contributed by atoms with Gasteiger partial charge in [-0.15, -0.1) is 11.3 Å². The lowest BCUT2D eigenvalue weighted by Crippen LogP contribution is -2.77. The monoisotopic (exact) mass is 582 g/mol. The molecule has 1 atom stereocenters. The van der Waals surface area contributed by atoms with Gasteiger partial charge in [0.05, 0.1) is 0 Å². The first-order valence-corrected chi connectivity index (χ1v) is 13.3. The van der Waals surface area contributed by atoms with Crippen molar-refractivity contribution in [2.24, 2.45) is 5.41 Å². The Kier molecular flexibility index (Phi) is 8.67. The smallest absolute Gasteiger partial charge is 0.336 e. The second kappa shape index (κ2) is 10.9. The summed E-state index contributed by atoms with van der Waals surface area (Å²) >= 11 is 0.672. The molecule has 1 aliphatic rings. The maximum Gasteiger partial charge on any atom is 0.421 e. The summed E-state index contributed by atoms with van der Waals surface area (Å²) < 4.78 is 103. The van der Waals surface area contributed by atoms with Crippen LogP contribution >= 0.6 is 11.3 Å². The highest BCUT2D eigenvalue weighted by Gasteiger charge is 2.80. The Morgan fingerprint density at radius 3 is 2.23 bits per heavy atom. The summed E-state index contributed by atoms with van der Waals surface area (Å²) in [5.41, 5.74) is -6.73. The van der Waals surface area contributed by atoms with E-state index in [0.717, 1.165) is 6.07 Å². The number of aryl methyl sites for hydroxylation is 2. The standard InChI is InChI=1S/C26H33F7N4OS/c1-16(2)35-21(38)36-24(25(28,29)30,26(31,32)33)23(11-10-19-8-9-20(27)39-19)12-13-37(15-23)22(4,5)18-7-6-17(3)34-14-18/h6-9,14,16H,10-13,15H2,1-5H3,(H2,35,36,38). The second-order valence-corrected chi connectivity index (χ2v) is 12.0. The first kappa shape index (κ1) is 31.1. The number of pyridine rings is 1. The molecule has 3 rings (SSSR count). The molecule has 0 saturated carbocycles. The number of rotatable bonds is 8. The van der Waals surface area contributed by atoms with Crippen LogP contribution in [0.15, 0.2) is 30.5 Å². The minimum absolute atomic E-state index is 0.0962. The van der Waals surface area contributed by atoms with Crippen LogP contribution in [0.25, 0.3) is 0 Å². The Bertz CT molecular complexity index is 1130. The predicted molar refractivity (Wildman–Crippen MR) is 135 cm³/mol. The number of hydrogen-bond donors (Lipinski definition) is 2. The summed E-state index contributed by atoms with van der Waals surface area (Å²) in [4.78, 5) is 18.7. The van der Waals surface area contributed by atoms with Crippen molar-refractivity contribution in [3.63, 3.8) is 0 Å². The zero-order valence-corrected chi connectivity index (χ0v) is 23.2. The van der Waals surface area contributed by atoms with E-state index in [-0.39, 0.29) is 13.0 Å². The van der Waals surface area contributed by atoms with Crippen LogP contribution in [-0.2, 0) is 12.0 Å². The third kappa shape index (κ3) is 6.03. The molecular weight excluding hydrogens is 549 g/mol. The van der Waals surface area contributed by atoms with Crippen molar-refractivity contribution >= 4 is 17.4 Å². The van der Waals surface area contributed by atoms with Gasteiger partial charge < -0.3 is 10.6 Å². The fraction of sp³-hybridized carbons (Fsp3) is 0.615. The SMILES string of the molecule is Cc1ccc(C(C)(C)N2CCC(CCc3ccc(F)s3)(C(NC(=O)NC(C)C)(C(F)(F)F)C(F)(F)F)C2)cn1. The molecule has 1 fully saturated rings. The Morgan fingerprint density at radius 1 is 1.10 bits per heavy atom. The Labute approximate surface area is 227 Å². The normalized spacial score (nSPS) is 19.5. The molecule has 2 amide bonds. The summed E-state index contributed by atoms with van der Waals surface area (Å²) in [5, 5.41) is 2.90. The first-order chi connectivity index (χ1) is 17.8. The van der Waals surface area contributed by atoms with E-state index in [4.69, 9.17) is 0 Å². The molecule has 3 heterocycles. The van der Waals surface area contributed by atoms with E-state index in [2.05, 4.69) is 10.3 Å². The van der Waals surface area contributed by atoms with E-state index in [1.165, 1.54) is 25.2 Å². The molecule has 0 aliphatic carbocycles. The molecule has 0 radical (unpaired) electrons. The van der Waals surface area contributed by atoms with Gasteiger partial charge in [-0.2, -0.15) is 30.7 Å². The lowest BCUT2D eigenvalue weighted by atomic mass is 9.64. The molecule has 2 N–H and O–H groups in total. The highest BCUT2D eigenvalue weighted by atomic mass is 32.1. The Hall–Kier alpha value is -2.41. The number of carbonyl (C=O) groups excluding carboxylic acids is 1.